The average Bonchev–Trinajstić information content (AvgIpc) is 2.50. The molecule has 88 valence electrons. The highest BCUT2D eigenvalue weighted by atomic mass is 16.4. The highest BCUT2D eigenvalue weighted by Gasteiger charge is 2.37. The van der Waals surface area contributed by atoms with Crippen LogP contribution in [-0.4, -0.2) is 34.2 Å². The molecule has 0 aromatic heterocycles. The topological polar surface area (TPSA) is 70.0 Å². The van der Waals surface area contributed by atoms with Crippen LogP contribution >= 0.6 is 0 Å². The molecule has 1 atom stereocenters. The first-order chi connectivity index (χ1) is 7.70. The Morgan fingerprint density at radius 2 is 1.94 bits per heavy atom. The minimum atomic E-state index is -1.11. The van der Waals surface area contributed by atoms with Crippen LogP contribution in [0.1, 0.15) is 38.5 Å². The standard InChI is InChI=1S/C11H16N2O3/c14-10-9(11(15)16)7-12-13(10)8-5-3-1-2-4-6-8/h7-9H,1-6H2,(H,15,16). The summed E-state index contributed by atoms with van der Waals surface area (Å²) >= 11 is 0. The molecule has 0 aromatic rings. The molecule has 1 amide bonds. The van der Waals surface area contributed by atoms with E-state index in [0.29, 0.717) is 0 Å². The van der Waals surface area contributed by atoms with Crippen molar-refractivity contribution in [3.8, 4) is 0 Å². The molecule has 16 heavy (non-hydrogen) atoms. The molecule has 0 saturated heterocycles. The first kappa shape index (κ1) is 11.1. The summed E-state index contributed by atoms with van der Waals surface area (Å²) in [6.07, 6.45) is 7.72. The molecule has 1 N–H and O–H groups in total. The van der Waals surface area contributed by atoms with Gasteiger partial charge in [0.2, 0.25) is 0 Å². The van der Waals surface area contributed by atoms with E-state index in [0.717, 1.165) is 25.7 Å². The van der Waals surface area contributed by atoms with Gasteiger partial charge in [0.15, 0.2) is 5.92 Å². The van der Waals surface area contributed by atoms with Crippen molar-refractivity contribution in [1.82, 2.24) is 5.01 Å². The molecule has 2 aliphatic rings. The second kappa shape index (κ2) is 4.63. The lowest BCUT2D eigenvalue weighted by Crippen LogP contribution is -2.37. The lowest BCUT2D eigenvalue weighted by atomic mass is 10.1. The van der Waals surface area contributed by atoms with Gasteiger partial charge in [-0.15, -0.1) is 0 Å². The summed E-state index contributed by atoms with van der Waals surface area (Å²) in [4.78, 5) is 22.5. The van der Waals surface area contributed by atoms with Gasteiger partial charge in [0.25, 0.3) is 5.91 Å². The number of carbonyl (C=O) groups excluding carboxylic acids is 1. The maximum atomic E-state index is 11.8. The average molecular weight is 224 g/mol. The smallest absolute Gasteiger partial charge is 0.321 e. The van der Waals surface area contributed by atoms with Gasteiger partial charge in [-0.3, -0.25) is 9.59 Å². The third-order valence-electron chi connectivity index (χ3n) is 3.27. The Morgan fingerprint density at radius 1 is 1.31 bits per heavy atom. The summed E-state index contributed by atoms with van der Waals surface area (Å²) < 4.78 is 0. The zero-order valence-corrected chi connectivity index (χ0v) is 9.13. The molecule has 1 aliphatic carbocycles. The number of carbonyl (C=O) groups is 2. The number of aliphatic carboxylic acids is 1. The SMILES string of the molecule is O=C(O)C1C=NN(C2CCCCCC2)C1=O. The van der Waals surface area contributed by atoms with Crippen molar-refractivity contribution in [1.29, 1.82) is 0 Å². The van der Waals surface area contributed by atoms with Crippen LogP contribution in [0.5, 0.6) is 0 Å². The number of rotatable bonds is 2. The number of hydrogen-bond donors (Lipinski definition) is 1. The molecule has 0 bridgehead atoms. The van der Waals surface area contributed by atoms with Gasteiger partial charge in [-0.2, -0.15) is 5.10 Å². The first-order valence-corrected chi connectivity index (χ1v) is 5.80. The molecule has 1 aliphatic heterocycles. The van der Waals surface area contributed by atoms with Crippen LogP contribution in [-0.2, 0) is 9.59 Å². The van der Waals surface area contributed by atoms with Crippen LogP contribution in [0.3, 0.4) is 0 Å². The third-order valence-corrected chi connectivity index (χ3v) is 3.27. The number of nitrogens with zero attached hydrogens (tertiary/aromatic N) is 2. The maximum Gasteiger partial charge on any atom is 0.321 e. The third kappa shape index (κ3) is 2.08. The summed E-state index contributed by atoms with van der Waals surface area (Å²) in [6.45, 7) is 0. The minimum absolute atomic E-state index is 0.107. The zero-order valence-electron chi connectivity index (χ0n) is 9.13. The lowest BCUT2D eigenvalue weighted by molar-refractivity contribution is -0.147. The van der Waals surface area contributed by atoms with Crippen LogP contribution < -0.4 is 0 Å². The summed E-state index contributed by atoms with van der Waals surface area (Å²) in [5.41, 5.74) is 0. The fourth-order valence-corrected chi connectivity index (χ4v) is 2.35. The Morgan fingerprint density at radius 3 is 2.44 bits per heavy atom. The molecule has 1 fully saturated rings. The van der Waals surface area contributed by atoms with Crippen molar-refractivity contribution in [2.45, 2.75) is 44.6 Å². The fraction of sp³-hybridized carbons (Fsp3) is 0.727. The van der Waals surface area contributed by atoms with Crippen molar-refractivity contribution in [3.63, 3.8) is 0 Å². The number of amides is 1. The van der Waals surface area contributed by atoms with Crippen molar-refractivity contribution in [2.75, 3.05) is 0 Å². The van der Waals surface area contributed by atoms with Gasteiger partial charge in [0.1, 0.15) is 0 Å². The lowest BCUT2D eigenvalue weighted by Gasteiger charge is -2.23. The number of carboxylic acid groups (broad SMARTS) is 1. The van der Waals surface area contributed by atoms with E-state index in [4.69, 9.17) is 5.11 Å². The van der Waals surface area contributed by atoms with Gasteiger partial charge in [-0.1, -0.05) is 25.7 Å². The summed E-state index contributed by atoms with van der Waals surface area (Å²) in [5.74, 6) is -2.55. The van der Waals surface area contributed by atoms with Gasteiger partial charge in [0, 0.05) is 6.21 Å². The predicted octanol–water partition coefficient (Wildman–Crippen LogP) is 1.24. The van der Waals surface area contributed by atoms with Gasteiger partial charge >= 0.3 is 5.97 Å². The molecule has 5 heteroatoms. The van der Waals surface area contributed by atoms with Crippen LogP contribution in [0.25, 0.3) is 0 Å². The molecular weight excluding hydrogens is 208 g/mol. The molecule has 0 aromatic carbocycles. The molecular formula is C11H16N2O3. The molecule has 1 unspecified atom stereocenters. The van der Waals surface area contributed by atoms with E-state index < -0.39 is 11.9 Å². The van der Waals surface area contributed by atoms with Gasteiger partial charge in [-0.05, 0) is 12.8 Å². The fourth-order valence-electron chi connectivity index (χ4n) is 2.35. The molecule has 1 saturated carbocycles. The first-order valence-electron chi connectivity index (χ1n) is 5.80. The quantitative estimate of drug-likeness (QED) is 0.566. The summed E-state index contributed by atoms with van der Waals surface area (Å²) in [6, 6.07) is 0.107. The Bertz CT molecular complexity index is 319. The maximum absolute atomic E-state index is 11.8. The van der Waals surface area contributed by atoms with Crippen LogP contribution in [0, 0.1) is 5.92 Å². The van der Waals surface area contributed by atoms with E-state index in [2.05, 4.69) is 5.10 Å². The van der Waals surface area contributed by atoms with Crippen molar-refractivity contribution >= 4 is 18.1 Å². The molecule has 1 heterocycles. The minimum Gasteiger partial charge on any atom is -0.480 e. The number of hydrogen-bond acceptors (Lipinski definition) is 3. The number of carboxylic acids is 1. The number of hydrazone groups is 1. The van der Waals surface area contributed by atoms with E-state index in [1.807, 2.05) is 0 Å². The van der Waals surface area contributed by atoms with Gasteiger partial charge in [0.05, 0.1) is 6.04 Å². The van der Waals surface area contributed by atoms with Crippen LogP contribution in [0.15, 0.2) is 5.10 Å². The van der Waals surface area contributed by atoms with Gasteiger partial charge < -0.3 is 5.11 Å². The van der Waals surface area contributed by atoms with Crippen LogP contribution in [0.2, 0.25) is 0 Å². The normalized spacial score (nSPS) is 27.1. The Balaban J connectivity index is 2.03. The second-order valence-corrected chi connectivity index (χ2v) is 4.41. The Labute approximate surface area is 94.1 Å². The molecule has 2 rings (SSSR count). The van der Waals surface area contributed by atoms with E-state index in [1.54, 1.807) is 0 Å². The van der Waals surface area contributed by atoms with Gasteiger partial charge in [-0.25, -0.2) is 5.01 Å². The zero-order chi connectivity index (χ0) is 11.5. The Kier molecular flexibility index (Phi) is 3.22. The summed E-state index contributed by atoms with van der Waals surface area (Å²) in [5, 5.41) is 14.2. The van der Waals surface area contributed by atoms with Crippen molar-refractivity contribution in [3.05, 3.63) is 0 Å². The van der Waals surface area contributed by atoms with Crippen LogP contribution in [0.4, 0.5) is 0 Å². The van der Waals surface area contributed by atoms with E-state index in [-0.39, 0.29) is 11.9 Å². The van der Waals surface area contributed by atoms with Crippen molar-refractivity contribution in [2.24, 2.45) is 11.0 Å². The van der Waals surface area contributed by atoms with E-state index in [9.17, 15) is 9.59 Å². The monoisotopic (exact) mass is 224 g/mol. The van der Waals surface area contributed by atoms with Crippen molar-refractivity contribution < 1.29 is 14.7 Å². The van der Waals surface area contributed by atoms with E-state index >= 15 is 0 Å². The highest BCUT2D eigenvalue weighted by Crippen LogP contribution is 2.25. The predicted molar refractivity (Wildman–Crippen MR) is 58.0 cm³/mol. The largest absolute Gasteiger partial charge is 0.480 e. The van der Waals surface area contributed by atoms with E-state index in [1.165, 1.54) is 24.1 Å². The Hall–Kier alpha value is -1.39. The summed E-state index contributed by atoms with van der Waals surface area (Å²) in [7, 11) is 0. The molecule has 0 radical (unpaired) electrons. The second-order valence-electron chi connectivity index (χ2n) is 4.41. The highest BCUT2D eigenvalue weighted by molar-refractivity contribution is 6.12. The molecule has 5 nitrogen and oxygen atoms in total. The molecule has 0 spiro atoms.